The molecule has 2 heterocycles. The summed E-state index contributed by atoms with van der Waals surface area (Å²) in [5, 5.41) is 2.03. The molecule has 2 amide bonds. The molecule has 1 fully saturated rings. The number of hydrogen-bond donors (Lipinski definition) is 0. The second-order valence-electron chi connectivity index (χ2n) is 9.33. The van der Waals surface area contributed by atoms with Crippen molar-refractivity contribution in [2.45, 2.75) is 26.7 Å². The number of pyridine rings is 1. The number of carbonyl (C=O) groups excluding carboxylic acids is 4. The molecule has 12 nitrogen and oxygen atoms in total. The zero-order chi connectivity index (χ0) is 30.8. The molecule has 218 valence electrons. The monoisotopic (exact) mass is 594 g/mol. The van der Waals surface area contributed by atoms with E-state index in [2.05, 4.69) is 4.18 Å². The van der Waals surface area contributed by atoms with Crippen LogP contribution >= 0.6 is 0 Å². The van der Waals surface area contributed by atoms with Crippen molar-refractivity contribution in [3.05, 3.63) is 82.9 Å². The van der Waals surface area contributed by atoms with Crippen molar-refractivity contribution in [1.29, 1.82) is 0 Å². The highest BCUT2D eigenvalue weighted by molar-refractivity contribution is 7.80. The number of fused-ring (bicyclic) bond motifs is 2. The van der Waals surface area contributed by atoms with Gasteiger partial charge in [0.25, 0.3) is 11.8 Å². The number of benzene rings is 3. The lowest BCUT2D eigenvalue weighted by Gasteiger charge is -2.16. The van der Waals surface area contributed by atoms with E-state index in [1.165, 1.54) is 12.1 Å². The maximum Gasteiger partial charge on any atom is 0.363 e. The highest BCUT2D eigenvalue weighted by atomic mass is 32.3. The van der Waals surface area contributed by atoms with Crippen molar-refractivity contribution in [2.24, 2.45) is 7.05 Å². The lowest BCUT2D eigenvalue weighted by Crippen LogP contribution is -2.32. The van der Waals surface area contributed by atoms with Crippen molar-refractivity contribution in [3.8, 4) is 5.75 Å². The van der Waals surface area contributed by atoms with Crippen molar-refractivity contribution >= 4 is 56.0 Å². The molecule has 1 aliphatic rings. The highest BCUT2D eigenvalue weighted by Gasteiger charge is 2.33. The van der Waals surface area contributed by atoms with E-state index in [9.17, 15) is 32.1 Å². The maximum atomic E-state index is 13.6. The Kier molecular flexibility index (Phi) is 8.66. The third-order valence-electron chi connectivity index (χ3n) is 6.55. The zero-order valence-electron chi connectivity index (χ0n) is 23.1. The van der Waals surface area contributed by atoms with Crippen LogP contribution in [0.3, 0.4) is 0 Å². The molecule has 42 heavy (non-hydrogen) atoms. The first kappa shape index (κ1) is 30.2. The number of rotatable bonds is 5. The number of nitrogens with zero attached hydrogens (tertiary/aromatic N) is 2. The van der Waals surface area contributed by atoms with Gasteiger partial charge in [0.05, 0.1) is 29.0 Å². The van der Waals surface area contributed by atoms with Crippen LogP contribution in [0.1, 0.15) is 44.7 Å². The summed E-state index contributed by atoms with van der Waals surface area (Å²) in [6.45, 7) is 3.42. The molecule has 0 saturated carbocycles. The summed E-state index contributed by atoms with van der Waals surface area (Å²) in [7, 11) is -1.65. The summed E-state index contributed by atoms with van der Waals surface area (Å²) in [5.41, 5.74) is 3.43. The van der Waals surface area contributed by atoms with Gasteiger partial charge in [0.2, 0.25) is 21.4 Å². The lowest BCUT2D eigenvalue weighted by atomic mass is 10.0. The number of esters is 1. The van der Waals surface area contributed by atoms with Gasteiger partial charge >= 0.3 is 11.9 Å². The maximum absolute atomic E-state index is 13.6. The van der Waals surface area contributed by atoms with Gasteiger partial charge in [-0.1, -0.05) is 24.3 Å². The number of hydrogen-bond acceptors (Lipinski definition) is 10. The summed E-state index contributed by atoms with van der Waals surface area (Å²) in [5.74, 6) is -2.13. The second-order valence-corrected chi connectivity index (χ2v) is 10.5. The van der Waals surface area contributed by atoms with Gasteiger partial charge in [0.15, 0.2) is 0 Å². The number of amides is 2. The molecule has 0 atom stereocenters. The molecule has 3 aromatic carbocycles. The molecule has 1 saturated heterocycles. The predicted octanol–water partition coefficient (Wildman–Crippen LogP) is 2.97. The Morgan fingerprint density at radius 1 is 0.857 bits per heavy atom. The van der Waals surface area contributed by atoms with Gasteiger partial charge in [0, 0.05) is 25.0 Å². The Morgan fingerprint density at radius 3 is 1.76 bits per heavy atom. The van der Waals surface area contributed by atoms with E-state index in [1.54, 1.807) is 13.8 Å². The number of para-hydroxylation sites is 2. The molecule has 1 aromatic heterocycles. The molecule has 0 bridgehead atoms. The summed E-state index contributed by atoms with van der Waals surface area (Å²) in [4.78, 5) is 54.7. The van der Waals surface area contributed by atoms with Gasteiger partial charge in [-0.2, -0.15) is 4.57 Å². The SMILES string of the molecule is COS(=O)(=O)[O-].Cc1cc(C(=O)ON2C(=O)CCC2=O)cc(C)c1OC(=O)c1c2ccccc2[n+](C)c2ccccc12. The average Bonchev–Trinajstić information content (AvgIpc) is 3.27. The molecular weight excluding hydrogens is 568 g/mol. The fourth-order valence-corrected chi connectivity index (χ4v) is 4.62. The van der Waals surface area contributed by atoms with E-state index < -0.39 is 34.2 Å². The zero-order valence-corrected chi connectivity index (χ0v) is 23.9. The molecule has 13 heteroatoms. The normalized spacial score (nSPS) is 13.2. The number of aryl methyl sites for hydroxylation is 3. The van der Waals surface area contributed by atoms with Crippen LogP contribution in [-0.2, 0) is 36.1 Å². The van der Waals surface area contributed by atoms with E-state index in [0.29, 0.717) is 27.5 Å². The standard InChI is InChI=1S/C28H23N2O6.CH4O4S/c1-16-14-18(27(33)36-30-23(31)12-13-24(30)32)15-17(2)26(16)35-28(34)25-19-8-4-6-10-21(19)29(3)22-11-7-5-9-20(22)25;1-5-6(2,3)4/h4-11,14-15H,12-13H2,1-3H3;1H3,(H,2,3,4)/q+1;/p-1. The number of aromatic nitrogens is 1. The average molecular weight is 595 g/mol. The largest absolute Gasteiger partial charge is 0.726 e. The van der Waals surface area contributed by atoms with Gasteiger partial charge in [-0.25, -0.2) is 18.0 Å². The van der Waals surface area contributed by atoms with Gasteiger partial charge in [-0.05, 0) is 49.2 Å². The predicted molar refractivity (Wildman–Crippen MR) is 147 cm³/mol. The van der Waals surface area contributed by atoms with Crippen LogP contribution in [0.2, 0.25) is 0 Å². The molecule has 0 unspecified atom stereocenters. The van der Waals surface area contributed by atoms with E-state index in [-0.39, 0.29) is 18.4 Å². The first-order valence-electron chi connectivity index (χ1n) is 12.5. The smallest absolute Gasteiger partial charge is 0.363 e. The molecule has 0 spiro atoms. The Bertz CT molecular complexity index is 1770. The first-order valence-corrected chi connectivity index (χ1v) is 13.9. The topological polar surface area (TPSA) is 160 Å². The summed E-state index contributed by atoms with van der Waals surface area (Å²) in [6, 6.07) is 18.3. The van der Waals surface area contributed by atoms with E-state index in [4.69, 9.17) is 9.57 Å². The highest BCUT2D eigenvalue weighted by Crippen LogP contribution is 2.30. The molecule has 5 rings (SSSR count). The summed E-state index contributed by atoms with van der Waals surface area (Å²) < 4.78 is 39.0. The lowest BCUT2D eigenvalue weighted by molar-refractivity contribution is -0.617. The molecule has 0 N–H and O–H groups in total. The van der Waals surface area contributed by atoms with Gasteiger partial charge in [0.1, 0.15) is 12.8 Å². The molecule has 1 aliphatic heterocycles. The van der Waals surface area contributed by atoms with Gasteiger partial charge in [-0.3, -0.25) is 13.8 Å². The van der Waals surface area contributed by atoms with E-state index in [0.717, 1.165) is 28.9 Å². The minimum Gasteiger partial charge on any atom is -0.726 e. The Hall–Kier alpha value is -4.72. The summed E-state index contributed by atoms with van der Waals surface area (Å²) >= 11 is 0. The minimum absolute atomic E-state index is 0.0138. The Balaban J connectivity index is 0.000000612. The van der Waals surface area contributed by atoms with Crippen LogP contribution in [-0.4, -0.2) is 48.9 Å². The van der Waals surface area contributed by atoms with Crippen LogP contribution in [0.15, 0.2) is 60.7 Å². The van der Waals surface area contributed by atoms with Gasteiger partial charge < -0.3 is 14.1 Å². The number of imide groups is 1. The Labute approximate surface area is 240 Å². The van der Waals surface area contributed by atoms with Gasteiger partial charge in [-0.15, -0.1) is 5.06 Å². The number of hydroxylamine groups is 2. The number of ether oxygens (including phenoxy) is 1. The number of carbonyl (C=O) groups is 4. The van der Waals surface area contributed by atoms with Crippen LogP contribution in [0.5, 0.6) is 5.75 Å². The molecule has 4 aromatic rings. The second kappa shape index (κ2) is 12.0. The van der Waals surface area contributed by atoms with Crippen molar-refractivity contribution in [3.63, 3.8) is 0 Å². The fourth-order valence-electron chi connectivity index (χ4n) is 4.62. The summed E-state index contributed by atoms with van der Waals surface area (Å²) in [6.07, 6.45) is 0.0277. The fraction of sp³-hybridized carbons (Fsp3) is 0.207. The minimum atomic E-state index is -4.41. The van der Waals surface area contributed by atoms with Crippen molar-refractivity contribution in [1.82, 2.24) is 5.06 Å². The van der Waals surface area contributed by atoms with Crippen LogP contribution in [0, 0.1) is 13.8 Å². The van der Waals surface area contributed by atoms with Crippen molar-refractivity contribution in [2.75, 3.05) is 7.11 Å². The quantitative estimate of drug-likeness (QED) is 0.0639. The van der Waals surface area contributed by atoms with Crippen LogP contribution in [0.25, 0.3) is 21.8 Å². The third kappa shape index (κ3) is 6.28. The van der Waals surface area contributed by atoms with E-state index >= 15 is 0 Å². The third-order valence-corrected chi connectivity index (χ3v) is 6.96. The molecule has 0 radical (unpaired) electrons. The van der Waals surface area contributed by atoms with E-state index in [1.807, 2.05) is 60.1 Å². The van der Waals surface area contributed by atoms with Crippen molar-refractivity contribution < 1.29 is 50.5 Å². The van der Waals surface area contributed by atoms with Crippen LogP contribution < -0.4 is 9.30 Å². The Morgan fingerprint density at radius 2 is 1.31 bits per heavy atom. The van der Waals surface area contributed by atoms with Crippen LogP contribution in [0.4, 0.5) is 0 Å². The first-order chi connectivity index (χ1) is 19.8. The molecular formula is C29H26N2O10S. The molecule has 0 aliphatic carbocycles.